The molecule has 0 heterocycles. The molecule has 4 heteroatoms. The van der Waals surface area contributed by atoms with Crippen LogP contribution in [0.15, 0.2) is 0 Å². The first-order valence-electron chi connectivity index (χ1n) is 15.1. The minimum absolute atomic E-state index is 0.287. The summed E-state index contributed by atoms with van der Waals surface area (Å²) in [5, 5.41) is 9.30. The number of hydrogen-bond acceptors (Lipinski definition) is 3. The number of carboxylic acids is 1. The van der Waals surface area contributed by atoms with Crippen LogP contribution < -0.4 is 0 Å². The standard InChI is InChI=1S/C30H56O4/c1-2-3-4-5-6-7-8-9-10-11-12-13-14-15-16-17-18-19-20-23-26-34-30(33)28-25-22-21-24-27(28)29(31)32/h27-28H,2-26H2,1H3,(H,31,32). The maximum Gasteiger partial charge on any atom is 0.309 e. The Labute approximate surface area is 211 Å². The predicted molar refractivity (Wildman–Crippen MR) is 142 cm³/mol. The smallest absolute Gasteiger partial charge is 0.309 e. The molecule has 1 saturated carbocycles. The molecule has 0 bridgehead atoms. The van der Waals surface area contributed by atoms with Crippen molar-refractivity contribution in [3.8, 4) is 0 Å². The van der Waals surface area contributed by atoms with E-state index < -0.39 is 17.8 Å². The average Bonchev–Trinajstić information content (AvgIpc) is 2.84. The van der Waals surface area contributed by atoms with Gasteiger partial charge in [0.15, 0.2) is 0 Å². The van der Waals surface area contributed by atoms with Crippen molar-refractivity contribution in [2.75, 3.05) is 6.61 Å². The molecular weight excluding hydrogens is 424 g/mol. The van der Waals surface area contributed by atoms with Crippen molar-refractivity contribution in [3.63, 3.8) is 0 Å². The second kappa shape index (κ2) is 22.4. The van der Waals surface area contributed by atoms with Crippen LogP contribution in [-0.2, 0) is 14.3 Å². The van der Waals surface area contributed by atoms with E-state index >= 15 is 0 Å². The molecule has 0 aromatic heterocycles. The van der Waals surface area contributed by atoms with Gasteiger partial charge >= 0.3 is 11.9 Å². The van der Waals surface area contributed by atoms with Crippen molar-refractivity contribution in [2.45, 2.75) is 161 Å². The molecule has 0 amide bonds. The van der Waals surface area contributed by atoms with Gasteiger partial charge in [0.25, 0.3) is 0 Å². The zero-order valence-electron chi connectivity index (χ0n) is 22.5. The zero-order chi connectivity index (χ0) is 24.7. The van der Waals surface area contributed by atoms with E-state index in [1.807, 2.05) is 0 Å². The van der Waals surface area contributed by atoms with Crippen LogP contribution in [0.5, 0.6) is 0 Å². The summed E-state index contributed by atoms with van der Waals surface area (Å²) in [4.78, 5) is 23.6. The van der Waals surface area contributed by atoms with Crippen LogP contribution in [-0.4, -0.2) is 23.7 Å². The molecule has 0 aromatic rings. The predicted octanol–water partition coefficient (Wildman–Crippen LogP) is 9.24. The van der Waals surface area contributed by atoms with Gasteiger partial charge in [-0.2, -0.15) is 0 Å². The van der Waals surface area contributed by atoms with Gasteiger partial charge in [-0.25, -0.2) is 0 Å². The molecular formula is C30H56O4. The van der Waals surface area contributed by atoms with Crippen LogP contribution in [0.3, 0.4) is 0 Å². The van der Waals surface area contributed by atoms with Crippen molar-refractivity contribution in [1.29, 1.82) is 0 Å². The minimum atomic E-state index is -0.847. The highest BCUT2D eigenvalue weighted by atomic mass is 16.5. The Kier molecular flexibility index (Phi) is 20.4. The van der Waals surface area contributed by atoms with E-state index in [2.05, 4.69) is 6.92 Å². The third-order valence-corrected chi connectivity index (χ3v) is 7.63. The van der Waals surface area contributed by atoms with Crippen LogP contribution in [0.2, 0.25) is 0 Å². The van der Waals surface area contributed by atoms with E-state index in [0.717, 1.165) is 25.7 Å². The summed E-state index contributed by atoms with van der Waals surface area (Å²) in [6.45, 7) is 2.73. The van der Waals surface area contributed by atoms with Gasteiger partial charge in [-0.15, -0.1) is 0 Å². The number of hydrogen-bond donors (Lipinski definition) is 1. The molecule has 0 spiro atoms. The van der Waals surface area contributed by atoms with Crippen LogP contribution in [0.1, 0.15) is 161 Å². The summed E-state index contributed by atoms with van der Waals surface area (Å²) < 4.78 is 5.40. The lowest BCUT2D eigenvalue weighted by Gasteiger charge is -2.26. The molecule has 2 atom stereocenters. The first kappa shape index (κ1) is 31.0. The van der Waals surface area contributed by atoms with Crippen molar-refractivity contribution >= 4 is 11.9 Å². The molecule has 0 radical (unpaired) electrons. The highest BCUT2D eigenvalue weighted by molar-refractivity contribution is 5.81. The van der Waals surface area contributed by atoms with Gasteiger partial charge in [-0.3, -0.25) is 9.59 Å². The van der Waals surface area contributed by atoms with E-state index in [-0.39, 0.29) is 5.97 Å². The van der Waals surface area contributed by atoms with Gasteiger partial charge in [-0.1, -0.05) is 142 Å². The molecule has 1 aliphatic rings. The number of carbonyl (C=O) groups is 2. The van der Waals surface area contributed by atoms with Crippen LogP contribution in [0.25, 0.3) is 0 Å². The van der Waals surface area contributed by atoms with Gasteiger partial charge in [0, 0.05) is 0 Å². The fraction of sp³-hybridized carbons (Fsp3) is 0.933. The van der Waals surface area contributed by atoms with Gasteiger partial charge in [0.2, 0.25) is 0 Å². The molecule has 0 saturated heterocycles. The summed E-state index contributed by atoms with van der Waals surface area (Å²) in [7, 11) is 0. The maximum absolute atomic E-state index is 12.2. The highest BCUT2D eigenvalue weighted by Crippen LogP contribution is 2.31. The van der Waals surface area contributed by atoms with Gasteiger partial charge in [0.1, 0.15) is 0 Å². The quantitative estimate of drug-likeness (QED) is 0.117. The second-order valence-electron chi connectivity index (χ2n) is 10.7. The lowest BCUT2D eigenvalue weighted by molar-refractivity contribution is -0.159. The monoisotopic (exact) mass is 480 g/mol. The van der Waals surface area contributed by atoms with Crippen LogP contribution in [0.4, 0.5) is 0 Å². The molecule has 1 rings (SSSR count). The van der Waals surface area contributed by atoms with E-state index in [9.17, 15) is 14.7 Å². The first-order valence-corrected chi connectivity index (χ1v) is 15.1. The van der Waals surface area contributed by atoms with Crippen molar-refractivity contribution in [3.05, 3.63) is 0 Å². The van der Waals surface area contributed by atoms with Gasteiger partial charge < -0.3 is 9.84 Å². The summed E-state index contributed by atoms with van der Waals surface area (Å²) in [6, 6.07) is 0. The topological polar surface area (TPSA) is 63.6 Å². The number of esters is 1. The summed E-state index contributed by atoms with van der Waals surface area (Å²) in [6.07, 6.45) is 30.1. The van der Waals surface area contributed by atoms with Gasteiger partial charge in [0.05, 0.1) is 18.4 Å². The molecule has 1 N–H and O–H groups in total. The largest absolute Gasteiger partial charge is 0.481 e. The van der Waals surface area contributed by atoms with E-state index in [1.54, 1.807) is 0 Å². The minimum Gasteiger partial charge on any atom is -0.481 e. The zero-order valence-corrected chi connectivity index (χ0v) is 22.5. The number of rotatable bonds is 23. The maximum atomic E-state index is 12.2. The summed E-state index contributed by atoms with van der Waals surface area (Å²) in [5.74, 6) is -2.11. The van der Waals surface area contributed by atoms with Crippen molar-refractivity contribution < 1.29 is 19.4 Å². The molecule has 34 heavy (non-hydrogen) atoms. The van der Waals surface area contributed by atoms with Crippen molar-refractivity contribution in [2.24, 2.45) is 11.8 Å². The molecule has 1 fully saturated rings. The molecule has 200 valence electrons. The Morgan fingerprint density at radius 2 is 0.941 bits per heavy atom. The second-order valence-corrected chi connectivity index (χ2v) is 10.7. The molecule has 2 unspecified atom stereocenters. The lowest BCUT2D eigenvalue weighted by atomic mass is 9.79. The summed E-state index contributed by atoms with van der Waals surface area (Å²) in [5.41, 5.74) is 0. The normalized spacial score (nSPS) is 18.1. The van der Waals surface area contributed by atoms with Crippen molar-refractivity contribution in [1.82, 2.24) is 0 Å². The Morgan fingerprint density at radius 3 is 1.32 bits per heavy atom. The highest BCUT2D eigenvalue weighted by Gasteiger charge is 2.36. The number of ether oxygens (including phenoxy) is 1. The fourth-order valence-corrected chi connectivity index (χ4v) is 5.35. The Morgan fingerprint density at radius 1 is 0.588 bits per heavy atom. The molecule has 0 aromatic carbocycles. The number of carbonyl (C=O) groups excluding carboxylic acids is 1. The van der Waals surface area contributed by atoms with E-state index in [0.29, 0.717) is 19.4 Å². The average molecular weight is 481 g/mol. The lowest BCUT2D eigenvalue weighted by Crippen LogP contribution is -2.33. The third-order valence-electron chi connectivity index (χ3n) is 7.63. The molecule has 4 nitrogen and oxygen atoms in total. The Bertz CT molecular complexity index is 490. The SMILES string of the molecule is CCCCCCCCCCCCCCCCCCCCCCOC(=O)C1CCCCC1C(=O)O. The van der Waals surface area contributed by atoms with E-state index in [4.69, 9.17) is 4.74 Å². The fourth-order valence-electron chi connectivity index (χ4n) is 5.35. The number of aliphatic carboxylic acids is 1. The van der Waals surface area contributed by atoms with Gasteiger partial charge in [-0.05, 0) is 19.3 Å². The van der Waals surface area contributed by atoms with Crippen LogP contribution in [0, 0.1) is 11.8 Å². The molecule has 0 aliphatic heterocycles. The Hall–Kier alpha value is -1.06. The molecule has 1 aliphatic carbocycles. The first-order chi connectivity index (χ1) is 16.7. The Balaban J connectivity index is 1.78. The number of unbranched alkanes of at least 4 members (excludes halogenated alkanes) is 19. The van der Waals surface area contributed by atoms with E-state index in [1.165, 1.54) is 116 Å². The summed E-state index contributed by atoms with van der Waals surface area (Å²) >= 11 is 0. The van der Waals surface area contributed by atoms with Crippen LogP contribution >= 0.6 is 0 Å². The third kappa shape index (κ3) is 16.5. The number of carboxylic acid groups (broad SMARTS) is 1.